The van der Waals surface area contributed by atoms with Crippen LogP contribution in [-0.2, 0) is 6.42 Å². The summed E-state index contributed by atoms with van der Waals surface area (Å²) in [7, 11) is 0. The molecule has 0 atom stereocenters. The zero-order chi connectivity index (χ0) is 16.2. The quantitative estimate of drug-likeness (QED) is 0.760. The highest BCUT2D eigenvalue weighted by molar-refractivity contribution is 6.03. The zero-order valence-corrected chi connectivity index (χ0v) is 12.6. The van der Waals surface area contributed by atoms with Crippen LogP contribution in [0.3, 0.4) is 0 Å². The van der Waals surface area contributed by atoms with Gasteiger partial charge >= 0.3 is 0 Å². The van der Waals surface area contributed by atoms with E-state index in [4.69, 9.17) is 0 Å². The third kappa shape index (κ3) is 3.28. The molecule has 3 rings (SSSR count). The number of aromatic nitrogens is 4. The molecule has 0 aliphatic heterocycles. The van der Waals surface area contributed by atoms with E-state index in [1.165, 1.54) is 23.1 Å². The summed E-state index contributed by atoms with van der Waals surface area (Å²) in [5.74, 6) is -0.293. The standard InChI is InChI=1S/C16H16FN5O/c1-2-5-12-8-15(21-20-12)19-16(23)11-9-18-22(10-11)14-7-4-3-6-13(14)17/h3-4,6-10H,2,5H2,1H3,(H2,19,20,21,23). The minimum absolute atomic E-state index is 0.288. The lowest BCUT2D eigenvalue weighted by molar-refractivity contribution is 0.102. The van der Waals surface area contributed by atoms with Crippen molar-refractivity contribution in [2.75, 3.05) is 5.32 Å². The number of carbonyl (C=O) groups is 1. The van der Waals surface area contributed by atoms with Crippen molar-refractivity contribution in [3.05, 3.63) is 59.8 Å². The van der Waals surface area contributed by atoms with Crippen molar-refractivity contribution in [2.24, 2.45) is 0 Å². The molecule has 0 saturated carbocycles. The minimum Gasteiger partial charge on any atom is -0.305 e. The molecular weight excluding hydrogens is 297 g/mol. The Morgan fingerprint density at radius 2 is 2.22 bits per heavy atom. The van der Waals surface area contributed by atoms with Gasteiger partial charge in [-0.25, -0.2) is 9.07 Å². The first kappa shape index (κ1) is 15.0. The molecule has 2 N–H and O–H groups in total. The average Bonchev–Trinajstić information content (AvgIpc) is 3.18. The Kier molecular flexibility index (Phi) is 4.18. The molecule has 0 aliphatic rings. The van der Waals surface area contributed by atoms with Crippen LogP contribution in [0.1, 0.15) is 29.4 Å². The number of aryl methyl sites for hydroxylation is 1. The molecule has 0 spiro atoms. The van der Waals surface area contributed by atoms with Crippen molar-refractivity contribution >= 4 is 11.7 Å². The van der Waals surface area contributed by atoms with Gasteiger partial charge in [0.1, 0.15) is 11.5 Å². The molecule has 2 heterocycles. The number of benzene rings is 1. The topological polar surface area (TPSA) is 75.6 Å². The van der Waals surface area contributed by atoms with Crippen molar-refractivity contribution in [3.8, 4) is 5.69 Å². The highest BCUT2D eigenvalue weighted by atomic mass is 19.1. The molecule has 6 nitrogen and oxygen atoms in total. The molecule has 7 heteroatoms. The third-order valence-corrected chi connectivity index (χ3v) is 3.34. The van der Waals surface area contributed by atoms with Crippen LogP contribution < -0.4 is 5.32 Å². The van der Waals surface area contributed by atoms with Crippen LogP contribution in [-0.4, -0.2) is 25.9 Å². The van der Waals surface area contributed by atoms with Crippen molar-refractivity contribution in [1.29, 1.82) is 0 Å². The molecule has 0 aliphatic carbocycles. The first-order valence-corrected chi connectivity index (χ1v) is 7.32. The number of para-hydroxylation sites is 1. The molecule has 0 fully saturated rings. The maximum Gasteiger partial charge on any atom is 0.260 e. The summed E-state index contributed by atoms with van der Waals surface area (Å²) >= 11 is 0. The molecule has 2 aromatic heterocycles. The number of aromatic amines is 1. The van der Waals surface area contributed by atoms with Gasteiger partial charge in [-0.3, -0.25) is 9.89 Å². The van der Waals surface area contributed by atoms with Gasteiger partial charge in [0.15, 0.2) is 5.82 Å². The lowest BCUT2D eigenvalue weighted by Gasteiger charge is -2.01. The predicted octanol–water partition coefficient (Wildman–Crippen LogP) is 2.94. The summed E-state index contributed by atoms with van der Waals surface area (Å²) in [5, 5.41) is 13.6. The van der Waals surface area contributed by atoms with Gasteiger partial charge in [-0.15, -0.1) is 0 Å². The molecular formula is C16H16FN5O. The van der Waals surface area contributed by atoms with Gasteiger partial charge in [0.2, 0.25) is 0 Å². The SMILES string of the molecule is CCCc1cc(NC(=O)c2cnn(-c3ccccc3F)c2)n[nH]1. The Bertz CT molecular complexity index is 823. The zero-order valence-electron chi connectivity index (χ0n) is 12.6. The largest absolute Gasteiger partial charge is 0.305 e. The smallest absolute Gasteiger partial charge is 0.260 e. The Labute approximate surface area is 132 Å². The van der Waals surface area contributed by atoms with E-state index in [1.54, 1.807) is 24.3 Å². The van der Waals surface area contributed by atoms with E-state index in [2.05, 4.69) is 27.5 Å². The number of anilines is 1. The molecule has 3 aromatic rings. The maximum absolute atomic E-state index is 13.7. The van der Waals surface area contributed by atoms with Crippen LogP contribution in [0, 0.1) is 5.82 Å². The summed E-state index contributed by atoms with van der Waals surface area (Å²) < 4.78 is 15.1. The second kappa shape index (κ2) is 6.43. The number of nitrogens with zero attached hydrogens (tertiary/aromatic N) is 3. The Balaban J connectivity index is 1.74. The second-order valence-corrected chi connectivity index (χ2v) is 5.11. The van der Waals surface area contributed by atoms with Crippen LogP contribution in [0.2, 0.25) is 0 Å². The lowest BCUT2D eigenvalue weighted by Crippen LogP contribution is -2.11. The van der Waals surface area contributed by atoms with E-state index >= 15 is 0 Å². The summed E-state index contributed by atoms with van der Waals surface area (Å²) in [6, 6.07) is 8.04. The van der Waals surface area contributed by atoms with Crippen LogP contribution in [0.5, 0.6) is 0 Å². The van der Waals surface area contributed by atoms with Crippen molar-refractivity contribution in [3.63, 3.8) is 0 Å². The number of halogens is 1. The molecule has 118 valence electrons. The van der Waals surface area contributed by atoms with E-state index < -0.39 is 5.82 Å². The van der Waals surface area contributed by atoms with E-state index in [0.717, 1.165) is 18.5 Å². The molecule has 23 heavy (non-hydrogen) atoms. The fraction of sp³-hybridized carbons (Fsp3) is 0.188. The summed E-state index contributed by atoms with van der Waals surface area (Å²) in [4.78, 5) is 12.2. The van der Waals surface area contributed by atoms with Gasteiger partial charge in [0, 0.05) is 18.0 Å². The summed E-state index contributed by atoms with van der Waals surface area (Å²) in [6.45, 7) is 2.07. The minimum atomic E-state index is -0.404. The highest BCUT2D eigenvalue weighted by Gasteiger charge is 2.13. The number of rotatable bonds is 5. The van der Waals surface area contributed by atoms with Gasteiger partial charge in [0.05, 0.1) is 11.8 Å². The Hall–Kier alpha value is -2.96. The molecule has 0 unspecified atom stereocenters. The fourth-order valence-corrected chi connectivity index (χ4v) is 2.22. The Morgan fingerprint density at radius 3 is 3.00 bits per heavy atom. The Morgan fingerprint density at radius 1 is 1.39 bits per heavy atom. The summed E-state index contributed by atoms with van der Waals surface area (Å²) in [5.41, 5.74) is 1.58. The van der Waals surface area contributed by atoms with Crippen LogP contribution >= 0.6 is 0 Å². The number of nitrogens with one attached hydrogen (secondary N) is 2. The van der Waals surface area contributed by atoms with E-state index in [0.29, 0.717) is 11.4 Å². The summed E-state index contributed by atoms with van der Waals surface area (Å²) in [6.07, 6.45) is 4.73. The van der Waals surface area contributed by atoms with Gasteiger partial charge in [0.25, 0.3) is 5.91 Å². The van der Waals surface area contributed by atoms with Crippen LogP contribution in [0.4, 0.5) is 10.2 Å². The van der Waals surface area contributed by atoms with Crippen molar-refractivity contribution in [2.45, 2.75) is 19.8 Å². The maximum atomic E-state index is 13.7. The average molecular weight is 313 g/mol. The normalized spacial score (nSPS) is 10.7. The van der Waals surface area contributed by atoms with Gasteiger partial charge < -0.3 is 5.32 Å². The predicted molar refractivity (Wildman–Crippen MR) is 84.1 cm³/mol. The highest BCUT2D eigenvalue weighted by Crippen LogP contribution is 2.14. The van der Waals surface area contributed by atoms with E-state index in [9.17, 15) is 9.18 Å². The third-order valence-electron chi connectivity index (χ3n) is 3.34. The van der Waals surface area contributed by atoms with Gasteiger partial charge in [-0.05, 0) is 18.6 Å². The number of hydrogen-bond acceptors (Lipinski definition) is 3. The lowest BCUT2D eigenvalue weighted by atomic mass is 10.2. The first-order valence-electron chi connectivity index (χ1n) is 7.32. The number of carbonyl (C=O) groups excluding carboxylic acids is 1. The fourth-order valence-electron chi connectivity index (χ4n) is 2.22. The van der Waals surface area contributed by atoms with Gasteiger partial charge in [-0.2, -0.15) is 10.2 Å². The molecule has 0 saturated heterocycles. The van der Waals surface area contributed by atoms with Gasteiger partial charge in [-0.1, -0.05) is 25.5 Å². The van der Waals surface area contributed by atoms with Crippen LogP contribution in [0.15, 0.2) is 42.7 Å². The monoisotopic (exact) mass is 313 g/mol. The number of amides is 1. The first-order chi connectivity index (χ1) is 11.2. The van der Waals surface area contributed by atoms with Crippen molar-refractivity contribution < 1.29 is 9.18 Å². The van der Waals surface area contributed by atoms with E-state index in [1.807, 2.05) is 0 Å². The number of hydrogen-bond donors (Lipinski definition) is 2. The van der Waals surface area contributed by atoms with Crippen molar-refractivity contribution in [1.82, 2.24) is 20.0 Å². The van der Waals surface area contributed by atoms with Crippen LogP contribution in [0.25, 0.3) is 5.69 Å². The van der Waals surface area contributed by atoms with E-state index in [-0.39, 0.29) is 11.6 Å². The molecule has 1 aromatic carbocycles. The second-order valence-electron chi connectivity index (χ2n) is 5.11. The molecule has 1 amide bonds. The number of H-pyrrole nitrogens is 1. The molecule has 0 radical (unpaired) electrons. The molecule has 0 bridgehead atoms.